The highest BCUT2D eigenvalue weighted by Crippen LogP contribution is 2.37. The minimum absolute atomic E-state index is 0.129. The van der Waals surface area contributed by atoms with Crippen molar-refractivity contribution < 1.29 is 13.9 Å². The first kappa shape index (κ1) is 19.6. The summed E-state index contributed by atoms with van der Waals surface area (Å²) in [5.41, 5.74) is 0. The molecule has 0 unspecified atom stereocenters. The van der Waals surface area contributed by atoms with Crippen molar-refractivity contribution in [1.29, 1.82) is 0 Å². The lowest BCUT2D eigenvalue weighted by Gasteiger charge is -2.41. The fourth-order valence-electron chi connectivity index (χ4n) is 2.21. The van der Waals surface area contributed by atoms with Gasteiger partial charge in [0.25, 0.3) is 0 Å². The molecule has 1 fully saturated rings. The first-order chi connectivity index (χ1) is 9.98. The Bertz CT molecular complexity index is 394. The van der Waals surface area contributed by atoms with E-state index >= 15 is 0 Å². The molecule has 0 aromatic heterocycles. The molecule has 22 heavy (non-hydrogen) atoms. The van der Waals surface area contributed by atoms with Crippen LogP contribution in [0, 0.1) is 5.92 Å². The molecule has 2 atom stereocenters. The van der Waals surface area contributed by atoms with E-state index in [-0.39, 0.29) is 17.1 Å². The van der Waals surface area contributed by atoms with Crippen LogP contribution in [0.5, 0.6) is 0 Å². The quantitative estimate of drug-likeness (QED) is 0.513. The molecule has 1 heterocycles. The normalized spacial score (nSPS) is 26.3. The predicted molar refractivity (Wildman–Crippen MR) is 95.5 cm³/mol. The van der Waals surface area contributed by atoms with Gasteiger partial charge in [0.2, 0.25) is 0 Å². The van der Waals surface area contributed by atoms with Crippen molar-refractivity contribution in [1.82, 2.24) is 0 Å². The molecule has 0 aliphatic carbocycles. The Morgan fingerprint density at radius 1 is 1.32 bits per heavy atom. The van der Waals surface area contributed by atoms with Crippen molar-refractivity contribution in [3.05, 3.63) is 24.8 Å². The molecule has 1 saturated heterocycles. The first-order valence-electron chi connectivity index (χ1n) is 8.23. The molecule has 0 saturated carbocycles. The van der Waals surface area contributed by atoms with Crippen molar-refractivity contribution in [2.75, 3.05) is 13.2 Å². The second-order valence-corrected chi connectivity index (χ2v) is 12.9. The van der Waals surface area contributed by atoms with E-state index < -0.39 is 14.1 Å². The van der Waals surface area contributed by atoms with Crippen LogP contribution in [0.15, 0.2) is 24.8 Å². The number of allylic oxidation sites excluding steroid dienone is 2. The van der Waals surface area contributed by atoms with Crippen molar-refractivity contribution in [3.8, 4) is 0 Å². The van der Waals surface area contributed by atoms with Crippen LogP contribution in [-0.2, 0) is 13.9 Å². The van der Waals surface area contributed by atoms with Crippen molar-refractivity contribution in [3.63, 3.8) is 0 Å². The Labute approximate surface area is 137 Å². The number of hydrogen-bond donors (Lipinski definition) is 0. The van der Waals surface area contributed by atoms with Gasteiger partial charge in [0.05, 0.1) is 12.7 Å². The molecule has 0 aromatic rings. The lowest BCUT2D eigenvalue weighted by Crippen LogP contribution is -2.46. The van der Waals surface area contributed by atoms with Gasteiger partial charge in [-0.25, -0.2) is 0 Å². The fourth-order valence-corrected chi connectivity index (χ4v) is 3.27. The summed E-state index contributed by atoms with van der Waals surface area (Å²) in [6.45, 7) is 20.5. The van der Waals surface area contributed by atoms with Crippen LogP contribution in [0.2, 0.25) is 18.1 Å². The standard InChI is InChI=1S/C18H34O3Si/c1-9-10-11-15-14-19-18(5,6)21-16(15)12-13-20-22(7,8)17(2,3)4/h9-11,15-16H,1,12-14H2,2-8H3/b11-10+/t15-,16+/m0/s1. The molecule has 1 rings (SSSR count). The summed E-state index contributed by atoms with van der Waals surface area (Å²) in [6, 6.07) is 0. The van der Waals surface area contributed by atoms with Gasteiger partial charge < -0.3 is 13.9 Å². The third-order valence-corrected chi connectivity index (χ3v) is 9.24. The maximum absolute atomic E-state index is 6.29. The van der Waals surface area contributed by atoms with Crippen molar-refractivity contribution in [2.45, 2.75) is 71.1 Å². The minimum atomic E-state index is -1.69. The highest BCUT2D eigenvalue weighted by Gasteiger charge is 2.38. The molecule has 0 bridgehead atoms. The maximum atomic E-state index is 6.29. The fraction of sp³-hybridized carbons (Fsp3) is 0.778. The number of hydrogen-bond acceptors (Lipinski definition) is 3. The molecule has 0 radical (unpaired) electrons. The third kappa shape index (κ3) is 5.65. The molecule has 128 valence electrons. The Balaban J connectivity index is 2.62. The molecular formula is C18H34O3Si. The molecular weight excluding hydrogens is 292 g/mol. The predicted octanol–water partition coefficient (Wildman–Crippen LogP) is 4.91. The van der Waals surface area contributed by atoms with Gasteiger partial charge in [-0.1, -0.05) is 45.6 Å². The summed E-state index contributed by atoms with van der Waals surface area (Å²) < 4.78 is 18.2. The monoisotopic (exact) mass is 326 g/mol. The third-order valence-electron chi connectivity index (χ3n) is 4.70. The number of rotatable bonds is 6. The second kappa shape index (κ2) is 7.43. The summed E-state index contributed by atoms with van der Waals surface area (Å²) >= 11 is 0. The Morgan fingerprint density at radius 2 is 1.95 bits per heavy atom. The summed E-state index contributed by atoms with van der Waals surface area (Å²) in [4.78, 5) is 0. The van der Waals surface area contributed by atoms with E-state index in [0.717, 1.165) is 13.0 Å². The largest absolute Gasteiger partial charge is 0.417 e. The van der Waals surface area contributed by atoms with Crippen LogP contribution >= 0.6 is 0 Å². The lowest BCUT2D eigenvalue weighted by molar-refractivity contribution is -0.288. The smallest absolute Gasteiger partial charge is 0.191 e. The van der Waals surface area contributed by atoms with E-state index in [9.17, 15) is 0 Å². The van der Waals surface area contributed by atoms with E-state index in [2.05, 4.69) is 46.5 Å². The Hall–Kier alpha value is -0.423. The highest BCUT2D eigenvalue weighted by atomic mass is 28.4. The topological polar surface area (TPSA) is 27.7 Å². The van der Waals surface area contributed by atoms with Gasteiger partial charge >= 0.3 is 0 Å². The van der Waals surface area contributed by atoms with Gasteiger partial charge in [0, 0.05) is 12.5 Å². The molecule has 0 N–H and O–H groups in total. The van der Waals surface area contributed by atoms with Crippen LogP contribution in [0.3, 0.4) is 0 Å². The van der Waals surface area contributed by atoms with Crippen molar-refractivity contribution in [2.24, 2.45) is 5.92 Å². The van der Waals surface area contributed by atoms with Crippen LogP contribution in [-0.4, -0.2) is 33.4 Å². The maximum Gasteiger partial charge on any atom is 0.191 e. The lowest BCUT2D eigenvalue weighted by atomic mass is 9.98. The van der Waals surface area contributed by atoms with Crippen LogP contribution in [0.4, 0.5) is 0 Å². The van der Waals surface area contributed by atoms with Gasteiger partial charge in [0.15, 0.2) is 14.1 Å². The van der Waals surface area contributed by atoms with Crippen LogP contribution in [0.1, 0.15) is 41.0 Å². The molecule has 0 amide bonds. The summed E-state index contributed by atoms with van der Waals surface area (Å²) in [7, 11) is -1.69. The van der Waals surface area contributed by atoms with Crippen LogP contribution < -0.4 is 0 Å². The van der Waals surface area contributed by atoms with Gasteiger partial charge in [-0.2, -0.15) is 0 Å². The zero-order chi connectivity index (χ0) is 17.0. The van der Waals surface area contributed by atoms with E-state index in [4.69, 9.17) is 13.9 Å². The molecule has 0 aromatic carbocycles. The first-order valence-corrected chi connectivity index (χ1v) is 11.1. The SMILES string of the molecule is C=C/C=C/[C@H]1COC(C)(C)O[C@@H]1CCO[Si](C)(C)C(C)(C)C. The van der Waals surface area contributed by atoms with Gasteiger partial charge in [-0.05, 0) is 38.4 Å². The van der Waals surface area contributed by atoms with Crippen molar-refractivity contribution >= 4 is 8.32 Å². The molecule has 3 nitrogen and oxygen atoms in total. The Morgan fingerprint density at radius 3 is 2.50 bits per heavy atom. The summed E-state index contributed by atoms with van der Waals surface area (Å²) in [5.74, 6) is -0.255. The zero-order valence-electron chi connectivity index (χ0n) is 15.4. The molecule has 1 aliphatic rings. The summed E-state index contributed by atoms with van der Waals surface area (Å²) in [5, 5.41) is 0.241. The van der Waals surface area contributed by atoms with Gasteiger partial charge in [-0.15, -0.1) is 0 Å². The van der Waals surface area contributed by atoms with Crippen LogP contribution in [0.25, 0.3) is 0 Å². The van der Waals surface area contributed by atoms with E-state index in [1.165, 1.54) is 0 Å². The van der Waals surface area contributed by atoms with E-state index in [1.54, 1.807) is 6.08 Å². The molecule has 0 spiro atoms. The van der Waals surface area contributed by atoms with E-state index in [1.807, 2.05) is 19.9 Å². The summed E-state index contributed by atoms with van der Waals surface area (Å²) in [6.07, 6.45) is 6.91. The zero-order valence-corrected chi connectivity index (χ0v) is 16.4. The minimum Gasteiger partial charge on any atom is -0.417 e. The molecule has 4 heteroatoms. The second-order valence-electron chi connectivity index (χ2n) is 8.05. The van der Waals surface area contributed by atoms with E-state index in [0.29, 0.717) is 6.61 Å². The average Bonchev–Trinajstić information content (AvgIpc) is 2.35. The van der Waals surface area contributed by atoms with Gasteiger partial charge in [-0.3, -0.25) is 0 Å². The highest BCUT2D eigenvalue weighted by molar-refractivity contribution is 6.74. The molecule has 1 aliphatic heterocycles. The number of ether oxygens (including phenoxy) is 2. The van der Waals surface area contributed by atoms with Gasteiger partial charge in [0.1, 0.15) is 0 Å². The average molecular weight is 327 g/mol. The Kier molecular flexibility index (Phi) is 6.63.